The van der Waals surface area contributed by atoms with Gasteiger partial charge in [0.1, 0.15) is 10.9 Å². The molecule has 2 N–H and O–H groups in total. The first-order chi connectivity index (χ1) is 9.31. The van der Waals surface area contributed by atoms with Crippen LogP contribution in [0.15, 0.2) is 16.2 Å². The van der Waals surface area contributed by atoms with Gasteiger partial charge in [-0.05, 0) is 31.2 Å². The largest absolute Gasteiger partial charge is 0.453 e. The second-order valence-corrected chi connectivity index (χ2v) is 4.86. The number of nitrogen functional groups attached to an aromatic ring is 1. The Kier molecular flexibility index (Phi) is 3.84. The predicted octanol–water partition coefficient (Wildman–Crippen LogP) is 1.82. The molecule has 2 heterocycles. The van der Waals surface area contributed by atoms with E-state index in [9.17, 15) is 13.2 Å². The van der Waals surface area contributed by atoms with Gasteiger partial charge >= 0.3 is 6.18 Å². The molecule has 0 saturated carbocycles. The summed E-state index contributed by atoms with van der Waals surface area (Å²) in [7, 11) is 0. The third-order valence-corrected chi connectivity index (χ3v) is 3.22. The van der Waals surface area contributed by atoms with Crippen LogP contribution in [0.5, 0.6) is 0 Å². The van der Waals surface area contributed by atoms with Gasteiger partial charge in [-0.25, -0.2) is 14.6 Å². The predicted molar refractivity (Wildman–Crippen MR) is 65.4 cm³/mol. The van der Waals surface area contributed by atoms with Crippen molar-refractivity contribution in [3.63, 3.8) is 0 Å². The van der Waals surface area contributed by atoms with Crippen molar-refractivity contribution in [2.75, 3.05) is 5.84 Å². The van der Waals surface area contributed by atoms with E-state index in [4.69, 9.17) is 5.84 Å². The lowest BCUT2D eigenvalue weighted by Crippen LogP contribution is -2.21. The molecular formula is C10H11F3N6S. The zero-order valence-corrected chi connectivity index (χ0v) is 11.5. The maximum Gasteiger partial charge on any atom is 0.453 e. The van der Waals surface area contributed by atoms with Crippen LogP contribution in [-0.4, -0.2) is 24.8 Å². The smallest absolute Gasteiger partial charge is 0.335 e. The molecule has 108 valence electrons. The summed E-state index contributed by atoms with van der Waals surface area (Å²) in [5, 5.41) is 6.87. The number of hydrogen-bond acceptors (Lipinski definition) is 6. The Morgan fingerprint density at radius 1 is 1.30 bits per heavy atom. The summed E-state index contributed by atoms with van der Waals surface area (Å²) >= 11 is 0.908. The van der Waals surface area contributed by atoms with Gasteiger partial charge in [0.25, 0.3) is 5.82 Å². The number of halogens is 3. The van der Waals surface area contributed by atoms with Crippen LogP contribution < -0.4 is 5.84 Å². The van der Waals surface area contributed by atoms with E-state index in [0.717, 1.165) is 17.5 Å². The van der Waals surface area contributed by atoms with E-state index >= 15 is 0 Å². The number of hydrogen-bond donors (Lipinski definition) is 1. The van der Waals surface area contributed by atoms with Crippen LogP contribution in [0.4, 0.5) is 13.2 Å². The van der Waals surface area contributed by atoms with Gasteiger partial charge in [0.15, 0.2) is 0 Å². The van der Waals surface area contributed by atoms with Crippen LogP contribution >= 0.6 is 11.8 Å². The fraction of sp³-hybridized carbons (Fsp3) is 0.400. The average molecular weight is 304 g/mol. The summed E-state index contributed by atoms with van der Waals surface area (Å²) in [6, 6.07) is 1.68. The van der Waals surface area contributed by atoms with Gasteiger partial charge in [0.2, 0.25) is 5.16 Å². The van der Waals surface area contributed by atoms with E-state index < -0.39 is 12.0 Å². The summed E-state index contributed by atoms with van der Waals surface area (Å²) in [4.78, 5) is 8.31. The van der Waals surface area contributed by atoms with Crippen molar-refractivity contribution in [1.29, 1.82) is 0 Å². The monoisotopic (exact) mass is 304 g/mol. The van der Waals surface area contributed by atoms with Crippen molar-refractivity contribution >= 4 is 11.8 Å². The van der Waals surface area contributed by atoms with Gasteiger partial charge < -0.3 is 5.84 Å². The van der Waals surface area contributed by atoms with E-state index in [-0.39, 0.29) is 5.16 Å². The molecule has 2 aromatic rings. The van der Waals surface area contributed by atoms with Crippen molar-refractivity contribution in [1.82, 2.24) is 24.8 Å². The van der Waals surface area contributed by atoms with Crippen molar-refractivity contribution in [3.05, 3.63) is 23.4 Å². The van der Waals surface area contributed by atoms with Crippen LogP contribution in [0.25, 0.3) is 0 Å². The van der Waals surface area contributed by atoms with E-state index in [2.05, 4.69) is 20.2 Å². The van der Waals surface area contributed by atoms with Gasteiger partial charge in [0, 0.05) is 5.69 Å². The summed E-state index contributed by atoms with van der Waals surface area (Å²) < 4.78 is 38.0. The molecular weight excluding hydrogens is 293 g/mol. The lowest BCUT2D eigenvalue weighted by atomic mass is 10.3. The topological polar surface area (TPSA) is 82.5 Å². The fourth-order valence-electron chi connectivity index (χ4n) is 1.47. The Labute approximate surface area is 116 Å². The van der Waals surface area contributed by atoms with Crippen LogP contribution in [0.2, 0.25) is 0 Å². The van der Waals surface area contributed by atoms with E-state index in [1.54, 1.807) is 13.0 Å². The zero-order valence-electron chi connectivity index (χ0n) is 10.6. The van der Waals surface area contributed by atoms with E-state index in [0.29, 0.717) is 21.9 Å². The molecule has 6 nitrogen and oxygen atoms in total. The molecule has 0 radical (unpaired) electrons. The van der Waals surface area contributed by atoms with Crippen molar-refractivity contribution in [2.24, 2.45) is 0 Å². The molecule has 10 heteroatoms. The molecule has 20 heavy (non-hydrogen) atoms. The zero-order chi connectivity index (χ0) is 14.9. The number of alkyl halides is 3. The molecule has 0 aliphatic heterocycles. The first-order valence-electron chi connectivity index (χ1n) is 5.61. The fourth-order valence-corrected chi connectivity index (χ4v) is 2.29. The highest BCUT2D eigenvalue weighted by Gasteiger charge is 2.38. The van der Waals surface area contributed by atoms with Crippen LogP contribution in [-0.2, 0) is 12.6 Å². The Bertz CT molecular complexity index is 624. The minimum absolute atomic E-state index is 0.0857. The van der Waals surface area contributed by atoms with Crippen molar-refractivity contribution in [3.8, 4) is 0 Å². The number of rotatable bonds is 3. The molecule has 0 fully saturated rings. The molecule has 0 unspecified atom stereocenters. The third-order valence-electron chi connectivity index (χ3n) is 2.34. The number of nitrogens with zero attached hydrogens (tertiary/aromatic N) is 5. The highest BCUT2D eigenvalue weighted by atomic mass is 32.2. The Morgan fingerprint density at radius 2 is 2.00 bits per heavy atom. The van der Waals surface area contributed by atoms with E-state index in [1.807, 2.05) is 6.92 Å². The van der Waals surface area contributed by atoms with Gasteiger partial charge in [-0.3, -0.25) is 0 Å². The SMILES string of the molecule is CCc1cc(Sc2nnc(C(F)(F)F)n2N)nc(C)n1. The van der Waals surface area contributed by atoms with Crippen LogP contribution in [0.3, 0.4) is 0 Å². The normalized spacial score (nSPS) is 11.8. The molecule has 0 aromatic carbocycles. The standard InChI is InChI=1S/C10H11F3N6S/c1-3-6-4-7(16-5(2)15-6)20-9-18-17-8(19(9)14)10(11,12)13/h4H,3,14H2,1-2H3. The van der Waals surface area contributed by atoms with Gasteiger partial charge in [-0.1, -0.05) is 6.92 Å². The van der Waals surface area contributed by atoms with Gasteiger partial charge in [-0.15, -0.1) is 10.2 Å². The highest BCUT2D eigenvalue weighted by molar-refractivity contribution is 7.99. The molecule has 2 aromatic heterocycles. The maximum atomic E-state index is 12.5. The number of nitrogens with two attached hydrogens (primary N) is 1. The highest BCUT2D eigenvalue weighted by Crippen LogP contribution is 2.31. The lowest BCUT2D eigenvalue weighted by molar-refractivity contribution is -0.146. The Balaban J connectivity index is 2.31. The minimum atomic E-state index is -4.64. The Morgan fingerprint density at radius 3 is 2.55 bits per heavy atom. The molecule has 0 amide bonds. The number of aryl methyl sites for hydroxylation is 2. The minimum Gasteiger partial charge on any atom is -0.335 e. The Hall–Kier alpha value is -1.84. The quantitative estimate of drug-likeness (QED) is 0.688. The van der Waals surface area contributed by atoms with Crippen molar-refractivity contribution in [2.45, 2.75) is 36.6 Å². The summed E-state index contributed by atoms with van der Waals surface area (Å²) in [5.74, 6) is 4.64. The molecule has 0 spiro atoms. The first-order valence-corrected chi connectivity index (χ1v) is 6.43. The summed E-state index contributed by atoms with van der Waals surface area (Å²) in [6.45, 7) is 3.63. The molecule has 0 aliphatic carbocycles. The van der Waals surface area contributed by atoms with Crippen molar-refractivity contribution < 1.29 is 13.2 Å². The summed E-state index contributed by atoms with van der Waals surface area (Å²) in [6.07, 6.45) is -3.95. The summed E-state index contributed by atoms with van der Waals surface area (Å²) in [5.41, 5.74) is 0.791. The van der Waals surface area contributed by atoms with E-state index in [1.165, 1.54) is 0 Å². The third kappa shape index (κ3) is 3.00. The second-order valence-electron chi connectivity index (χ2n) is 3.87. The van der Waals surface area contributed by atoms with Crippen LogP contribution in [0, 0.1) is 6.92 Å². The molecule has 2 rings (SSSR count). The second kappa shape index (κ2) is 5.27. The molecule has 0 atom stereocenters. The van der Waals surface area contributed by atoms with Crippen LogP contribution in [0.1, 0.15) is 24.3 Å². The van der Waals surface area contributed by atoms with Gasteiger partial charge in [-0.2, -0.15) is 13.2 Å². The first kappa shape index (κ1) is 14.6. The average Bonchev–Trinajstić information content (AvgIpc) is 2.70. The maximum absolute atomic E-state index is 12.5. The van der Waals surface area contributed by atoms with Gasteiger partial charge in [0.05, 0.1) is 0 Å². The number of aromatic nitrogens is 5. The molecule has 0 bridgehead atoms. The molecule has 0 aliphatic rings. The lowest BCUT2D eigenvalue weighted by Gasteiger charge is -2.06. The molecule has 0 saturated heterocycles.